The third kappa shape index (κ3) is 4.16. The van der Waals surface area contributed by atoms with Crippen LogP contribution in [0.4, 0.5) is 0 Å². The zero-order valence-electron chi connectivity index (χ0n) is 9.77. The first-order chi connectivity index (χ1) is 7.49. The minimum absolute atomic E-state index is 0.0274. The van der Waals surface area contributed by atoms with Gasteiger partial charge >= 0.3 is 5.97 Å². The van der Waals surface area contributed by atoms with Crippen LogP contribution in [-0.2, 0) is 9.59 Å². The number of carboxylic acids is 1. The Hall–Kier alpha value is -1.14. The first-order valence-electron chi connectivity index (χ1n) is 5.36. The fourth-order valence-electron chi connectivity index (χ4n) is 1.72. The van der Waals surface area contributed by atoms with Gasteiger partial charge in [-0.05, 0) is 14.1 Å². The highest BCUT2D eigenvalue weighted by molar-refractivity contribution is 5.79. The van der Waals surface area contributed by atoms with Gasteiger partial charge < -0.3 is 15.3 Å². The lowest BCUT2D eigenvalue weighted by molar-refractivity contribution is -0.140. The van der Waals surface area contributed by atoms with E-state index in [-0.39, 0.29) is 18.4 Å². The molecule has 1 atom stereocenters. The lowest BCUT2D eigenvalue weighted by Gasteiger charge is -2.35. The van der Waals surface area contributed by atoms with E-state index in [9.17, 15) is 9.59 Å². The maximum Gasteiger partial charge on any atom is 0.305 e. The number of hydrogen-bond donors (Lipinski definition) is 2. The number of hydrogen-bond acceptors (Lipinski definition) is 4. The maximum atomic E-state index is 11.2. The smallest absolute Gasteiger partial charge is 0.305 e. The van der Waals surface area contributed by atoms with Crippen LogP contribution in [0.15, 0.2) is 0 Å². The quantitative estimate of drug-likeness (QED) is 0.621. The summed E-state index contributed by atoms with van der Waals surface area (Å²) in [5.41, 5.74) is 0. The van der Waals surface area contributed by atoms with E-state index in [4.69, 9.17) is 5.11 Å². The van der Waals surface area contributed by atoms with Gasteiger partial charge in [0.1, 0.15) is 0 Å². The molecule has 0 aromatic rings. The molecule has 1 heterocycles. The molecular weight excluding hydrogens is 210 g/mol. The number of amides is 1. The summed E-state index contributed by atoms with van der Waals surface area (Å²) in [4.78, 5) is 25.9. The van der Waals surface area contributed by atoms with Gasteiger partial charge in [0, 0.05) is 25.7 Å². The van der Waals surface area contributed by atoms with Gasteiger partial charge in [-0.15, -0.1) is 0 Å². The molecule has 1 amide bonds. The second-order valence-corrected chi connectivity index (χ2v) is 4.33. The SMILES string of the molecule is CN(C)CCN1CC(=O)NCC1CC(=O)O. The summed E-state index contributed by atoms with van der Waals surface area (Å²) in [6.07, 6.45) is 0.0771. The van der Waals surface area contributed by atoms with E-state index in [2.05, 4.69) is 5.32 Å². The van der Waals surface area contributed by atoms with Crippen molar-refractivity contribution >= 4 is 11.9 Å². The molecule has 0 bridgehead atoms. The lowest BCUT2D eigenvalue weighted by Crippen LogP contribution is -2.56. The highest BCUT2D eigenvalue weighted by Gasteiger charge is 2.27. The monoisotopic (exact) mass is 229 g/mol. The molecule has 1 rings (SSSR count). The molecule has 1 unspecified atom stereocenters. The van der Waals surface area contributed by atoms with E-state index in [1.807, 2.05) is 23.9 Å². The standard InChI is InChI=1S/C10H19N3O3/c1-12(2)3-4-13-7-9(14)11-6-8(13)5-10(15)16/h8H,3-7H2,1-2H3,(H,11,14)(H,15,16). The molecule has 0 saturated carbocycles. The van der Waals surface area contributed by atoms with Gasteiger partial charge in [-0.3, -0.25) is 14.5 Å². The minimum Gasteiger partial charge on any atom is -0.481 e. The summed E-state index contributed by atoms with van der Waals surface area (Å²) in [5.74, 6) is -0.851. The van der Waals surface area contributed by atoms with Crippen molar-refractivity contribution in [3.63, 3.8) is 0 Å². The zero-order valence-corrected chi connectivity index (χ0v) is 9.77. The van der Waals surface area contributed by atoms with Crippen LogP contribution in [0.5, 0.6) is 0 Å². The van der Waals surface area contributed by atoms with Crippen LogP contribution in [0.2, 0.25) is 0 Å². The summed E-state index contributed by atoms with van der Waals surface area (Å²) < 4.78 is 0. The van der Waals surface area contributed by atoms with Crippen molar-refractivity contribution in [2.75, 3.05) is 40.3 Å². The van der Waals surface area contributed by atoms with Gasteiger partial charge in [0.25, 0.3) is 0 Å². The van der Waals surface area contributed by atoms with Crippen molar-refractivity contribution in [1.29, 1.82) is 0 Å². The molecule has 0 radical (unpaired) electrons. The van der Waals surface area contributed by atoms with E-state index in [0.717, 1.165) is 13.1 Å². The number of aliphatic carboxylic acids is 1. The molecule has 1 saturated heterocycles. The third-order valence-electron chi connectivity index (χ3n) is 2.64. The van der Waals surface area contributed by atoms with E-state index in [1.165, 1.54) is 0 Å². The van der Waals surface area contributed by atoms with Crippen molar-refractivity contribution in [3.8, 4) is 0 Å². The summed E-state index contributed by atoms with van der Waals surface area (Å²) in [5, 5.41) is 11.5. The van der Waals surface area contributed by atoms with Crippen LogP contribution in [0.1, 0.15) is 6.42 Å². The second-order valence-electron chi connectivity index (χ2n) is 4.33. The predicted molar refractivity (Wildman–Crippen MR) is 59.2 cm³/mol. The van der Waals surface area contributed by atoms with E-state index >= 15 is 0 Å². The first kappa shape index (κ1) is 12.9. The van der Waals surface area contributed by atoms with E-state index in [1.54, 1.807) is 0 Å². The van der Waals surface area contributed by atoms with Gasteiger partial charge in [0.15, 0.2) is 0 Å². The van der Waals surface area contributed by atoms with Crippen LogP contribution < -0.4 is 5.32 Å². The molecular formula is C10H19N3O3. The third-order valence-corrected chi connectivity index (χ3v) is 2.64. The number of rotatable bonds is 5. The summed E-state index contributed by atoms with van der Waals surface area (Å²) in [6.45, 7) is 2.27. The minimum atomic E-state index is -0.823. The number of likely N-dealkylation sites (N-methyl/N-ethyl adjacent to an activating group) is 1. The van der Waals surface area contributed by atoms with Gasteiger partial charge in [-0.2, -0.15) is 0 Å². The van der Waals surface area contributed by atoms with Crippen LogP contribution in [-0.4, -0.2) is 73.1 Å². The Kier molecular flexibility index (Phi) is 4.70. The van der Waals surface area contributed by atoms with Crippen molar-refractivity contribution < 1.29 is 14.7 Å². The van der Waals surface area contributed by atoms with E-state index < -0.39 is 5.97 Å². The Morgan fingerprint density at radius 2 is 2.31 bits per heavy atom. The van der Waals surface area contributed by atoms with Crippen LogP contribution in [0.3, 0.4) is 0 Å². The second kappa shape index (κ2) is 5.81. The fourth-order valence-corrected chi connectivity index (χ4v) is 1.72. The van der Waals surface area contributed by atoms with E-state index in [0.29, 0.717) is 13.1 Å². The summed E-state index contributed by atoms with van der Waals surface area (Å²) in [6, 6.07) is -0.0878. The molecule has 1 aliphatic heterocycles. The molecule has 0 spiro atoms. The van der Waals surface area contributed by atoms with Crippen molar-refractivity contribution in [2.24, 2.45) is 0 Å². The number of carbonyl (C=O) groups is 2. The van der Waals surface area contributed by atoms with Crippen molar-refractivity contribution in [3.05, 3.63) is 0 Å². The van der Waals surface area contributed by atoms with Gasteiger partial charge in [-0.25, -0.2) is 0 Å². The Balaban J connectivity index is 2.50. The Morgan fingerprint density at radius 3 is 2.88 bits per heavy atom. The van der Waals surface area contributed by atoms with Gasteiger partial charge in [0.05, 0.1) is 13.0 Å². The average molecular weight is 229 g/mol. The number of carbonyl (C=O) groups excluding carboxylic acids is 1. The molecule has 2 N–H and O–H groups in total. The molecule has 0 aromatic carbocycles. The van der Waals surface area contributed by atoms with Crippen molar-refractivity contribution in [2.45, 2.75) is 12.5 Å². The Morgan fingerprint density at radius 1 is 1.62 bits per heavy atom. The highest BCUT2D eigenvalue weighted by atomic mass is 16.4. The molecule has 92 valence electrons. The summed E-state index contributed by atoms with van der Waals surface area (Å²) in [7, 11) is 3.91. The molecule has 0 aliphatic carbocycles. The van der Waals surface area contributed by atoms with Gasteiger partial charge in [0.2, 0.25) is 5.91 Å². The number of nitrogens with zero attached hydrogens (tertiary/aromatic N) is 2. The zero-order chi connectivity index (χ0) is 12.1. The van der Waals surface area contributed by atoms with Crippen LogP contribution >= 0.6 is 0 Å². The predicted octanol–water partition coefficient (Wildman–Crippen LogP) is -1.18. The average Bonchev–Trinajstić information content (AvgIpc) is 2.17. The fraction of sp³-hybridized carbons (Fsp3) is 0.800. The molecule has 6 nitrogen and oxygen atoms in total. The largest absolute Gasteiger partial charge is 0.481 e. The van der Waals surface area contributed by atoms with Gasteiger partial charge in [-0.1, -0.05) is 0 Å². The van der Waals surface area contributed by atoms with Crippen molar-refractivity contribution in [1.82, 2.24) is 15.1 Å². The summed E-state index contributed by atoms with van der Waals surface area (Å²) >= 11 is 0. The van der Waals surface area contributed by atoms with Crippen LogP contribution in [0, 0.1) is 0 Å². The molecule has 1 aliphatic rings. The number of piperazine rings is 1. The molecule has 1 fully saturated rings. The van der Waals surface area contributed by atoms with Crippen LogP contribution in [0.25, 0.3) is 0 Å². The maximum absolute atomic E-state index is 11.2. The Labute approximate surface area is 95.2 Å². The molecule has 16 heavy (non-hydrogen) atoms. The molecule has 0 aromatic heterocycles. The highest BCUT2D eigenvalue weighted by Crippen LogP contribution is 2.07. The number of carboxylic acid groups (broad SMARTS) is 1. The number of nitrogens with one attached hydrogen (secondary N) is 1. The Bertz CT molecular complexity index is 268. The lowest BCUT2D eigenvalue weighted by atomic mass is 10.1. The molecule has 6 heteroatoms. The topological polar surface area (TPSA) is 72.9 Å². The first-order valence-corrected chi connectivity index (χ1v) is 5.36. The normalized spacial score (nSPS) is 22.2.